The first kappa shape index (κ1) is 14.5. The molecule has 0 aliphatic heterocycles. The van der Waals surface area contributed by atoms with Crippen molar-refractivity contribution >= 4 is 17.8 Å². The number of rotatable bonds is 5. The first-order chi connectivity index (χ1) is 9.65. The second-order valence-corrected chi connectivity index (χ2v) is 4.54. The summed E-state index contributed by atoms with van der Waals surface area (Å²) in [6, 6.07) is 13.1. The molecule has 0 fully saturated rings. The van der Waals surface area contributed by atoms with E-state index in [0.717, 1.165) is 11.1 Å². The molecule has 0 saturated carbocycles. The maximum absolute atomic E-state index is 12.4. The Morgan fingerprint density at radius 2 is 1.70 bits per heavy atom. The van der Waals surface area contributed by atoms with Gasteiger partial charge in [0.25, 0.3) is 6.43 Å². The SMILES string of the molecule is FC(F)c1ccc(CON=Cc2ccc(Cl)cc2)cc1. The van der Waals surface area contributed by atoms with Crippen molar-refractivity contribution < 1.29 is 13.6 Å². The van der Waals surface area contributed by atoms with Gasteiger partial charge in [0, 0.05) is 10.6 Å². The summed E-state index contributed by atoms with van der Waals surface area (Å²) in [5, 5.41) is 4.46. The first-order valence-electron chi connectivity index (χ1n) is 5.93. The van der Waals surface area contributed by atoms with Crippen LogP contribution in [0, 0.1) is 0 Å². The van der Waals surface area contributed by atoms with Gasteiger partial charge in [-0.1, -0.05) is 53.2 Å². The molecular formula is C15H12ClF2NO. The number of hydrogen-bond donors (Lipinski definition) is 0. The van der Waals surface area contributed by atoms with Gasteiger partial charge in [-0.3, -0.25) is 0 Å². The average molecular weight is 296 g/mol. The minimum absolute atomic E-state index is 0.00147. The van der Waals surface area contributed by atoms with Crippen molar-refractivity contribution in [2.75, 3.05) is 0 Å². The van der Waals surface area contributed by atoms with Gasteiger partial charge >= 0.3 is 0 Å². The van der Waals surface area contributed by atoms with E-state index in [0.29, 0.717) is 5.02 Å². The normalized spacial score (nSPS) is 11.2. The van der Waals surface area contributed by atoms with Crippen LogP contribution < -0.4 is 0 Å². The largest absolute Gasteiger partial charge is 0.391 e. The molecule has 0 amide bonds. The highest BCUT2D eigenvalue weighted by atomic mass is 35.5. The number of oxime groups is 1. The molecule has 0 aliphatic rings. The van der Waals surface area contributed by atoms with Crippen LogP contribution in [0.25, 0.3) is 0 Å². The topological polar surface area (TPSA) is 21.6 Å². The summed E-state index contributed by atoms with van der Waals surface area (Å²) in [5.74, 6) is 0. The van der Waals surface area contributed by atoms with Crippen LogP contribution in [0.5, 0.6) is 0 Å². The van der Waals surface area contributed by atoms with Crippen molar-refractivity contribution in [3.05, 3.63) is 70.2 Å². The number of benzene rings is 2. The third kappa shape index (κ3) is 4.31. The molecule has 0 aromatic heterocycles. The number of nitrogens with zero attached hydrogens (tertiary/aromatic N) is 1. The van der Waals surface area contributed by atoms with Crippen molar-refractivity contribution in [2.24, 2.45) is 5.16 Å². The van der Waals surface area contributed by atoms with Crippen LogP contribution in [-0.2, 0) is 11.4 Å². The lowest BCUT2D eigenvalue weighted by Gasteiger charge is -2.02. The lowest BCUT2D eigenvalue weighted by Crippen LogP contribution is -1.90. The van der Waals surface area contributed by atoms with Crippen LogP contribution in [0.3, 0.4) is 0 Å². The monoisotopic (exact) mass is 295 g/mol. The Morgan fingerprint density at radius 3 is 2.30 bits per heavy atom. The van der Waals surface area contributed by atoms with E-state index in [4.69, 9.17) is 16.4 Å². The van der Waals surface area contributed by atoms with Crippen molar-refractivity contribution in [3.8, 4) is 0 Å². The number of alkyl halides is 2. The summed E-state index contributed by atoms with van der Waals surface area (Å²) in [6.07, 6.45) is -0.892. The maximum atomic E-state index is 12.4. The van der Waals surface area contributed by atoms with Crippen molar-refractivity contribution in [3.63, 3.8) is 0 Å². The molecule has 5 heteroatoms. The predicted octanol–water partition coefficient (Wildman–Crippen LogP) is 4.83. The molecule has 0 aliphatic carbocycles. The predicted molar refractivity (Wildman–Crippen MR) is 75.2 cm³/mol. The Morgan fingerprint density at radius 1 is 1.05 bits per heavy atom. The molecule has 20 heavy (non-hydrogen) atoms. The molecule has 0 spiro atoms. The highest BCUT2D eigenvalue weighted by molar-refractivity contribution is 6.30. The number of hydrogen-bond acceptors (Lipinski definition) is 2. The second kappa shape index (κ2) is 7.01. The Kier molecular flexibility index (Phi) is 5.07. The minimum atomic E-state index is -2.45. The third-order valence-electron chi connectivity index (χ3n) is 2.61. The van der Waals surface area contributed by atoms with Crippen molar-refractivity contribution in [2.45, 2.75) is 13.0 Å². The summed E-state index contributed by atoms with van der Waals surface area (Å²) in [4.78, 5) is 5.10. The van der Waals surface area contributed by atoms with Crippen LogP contribution in [-0.4, -0.2) is 6.21 Å². The van der Waals surface area contributed by atoms with Gasteiger partial charge in [0.05, 0.1) is 6.21 Å². The molecule has 0 saturated heterocycles. The molecule has 104 valence electrons. The van der Waals surface area contributed by atoms with Crippen molar-refractivity contribution in [1.29, 1.82) is 0 Å². The zero-order valence-corrected chi connectivity index (χ0v) is 11.2. The van der Waals surface area contributed by atoms with E-state index in [1.807, 2.05) is 12.1 Å². The fraction of sp³-hybridized carbons (Fsp3) is 0.133. The van der Waals surface area contributed by atoms with Crippen molar-refractivity contribution in [1.82, 2.24) is 0 Å². The molecule has 0 N–H and O–H groups in total. The van der Waals surface area contributed by atoms with Gasteiger partial charge < -0.3 is 4.84 Å². The molecule has 0 heterocycles. The average Bonchev–Trinajstić information content (AvgIpc) is 2.46. The van der Waals surface area contributed by atoms with Gasteiger partial charge in [-0.25, -0.2) is 8.78 Å². The minimum Gasteiger partial charge on any atom is -0.391 e. The van der Waals surface area contributed by atoms with Crippen LogP contribution in [0.2, 0.25) is 5.02 Å². The summed E-state index contributed by atoms with van der Waals surface area (Å²) < 4.78 is 24.7. The second-order valence-electron chi connectivity index (χ2n) is 4.10. The van der Waals surface area contributed by atoms with Gasteiger partial charge in [0.2, 0.25) is 0 Å². The Labute approximate surface area is 120 Å². The summed E-state index contributed by atoms with van der Waals surface area (Å²) in [5.41, 5.74) is 1.64. The van der Waals surface area contributed by atoms with Gasteiger partial charge in [0.1, 0.15) is 6.61 Å². The Hall–Kier alpha value is -1.94. The van der Waals surface area contributed by atoms with Crippen LogP contribution in [0.15, 0.2) is 53.7 Å². The Bertz CT molecular complexity index is 567. The third-order valence-corrected chi connectivity index (χ3v) is 2.86. The van der Waals surface area contributed by atoms with Gasteiger partial charge in [-0.05, 0) is 23.3 Å². The summed E-state index contributed by atoms with van der Waals surface area (Å²) >= 11 is 5.76. The van der Waals surface area contributed by atoms with E-state index in [-0.39, 0.29) is 12.2 Å². The lowest BCUT2D eigenvalue weighted by atomic mass is 10.1. The van der Waals surface area contributed by atoms with E-state index >= 15 is 0 Å². The first-order valence-corrected chi connectivity index (χ1v) is 6.31. The van der Waals surface area contributed by atoms with Crippen LogP contribution >= 0.6 is 11.6 Å². The fourth-order valence-electron chi connectivity index (χ4n) is 1.52. The van der Waals surface area contributed by atoms with Crippen LogP contribution in [0.4, 0.5) is 8.78 Å². The van der Waals surface area contributed by atoms with E-state index in [9.17, 15) is 8.78 Å². The summed E-state index contributed by atoms with van der Waals surface area (Å²) in [7, 11) is 0. The molecule has 2 rings (SSSR count). The molecule has 2 aromatic rings. The van der Waals surface area contributed by atoms with Crippen LogP contribution in [0.1, 0.15) is 23.1 Å². The van der Waals surface area contributed by atoms with E-state index in [1.54, 1.807) is 30.5 Å². The van der Waals surface area contributed by atoms with E-state index in [1.165, 1.54) is 12.1 Å². The lowest BCUT2D eigenvalue weighted by molar-refractivity contribution is 0.131. The zero-order chi connectivity index (χ0) is 14.4. The number of halogens is 3. The Balaban J connectivity index is 1.84. The highest BCUT2D eigenvalue weighted by Crippen LogP contribution is 2.18. The molecule has 0 bridgehead atoms. The molecule has 2 nitrogen and oxygen atoms in total. The molecule has 0 atom stereocenters. The van der Waals surface area contributed by atoms with Gasteiger partial charge in [0.15, 0.2) is 0 Å². The molecular weight excluding hydrogens is 284 g/mol. The standard InChI is InChI=1S/C15H12ClF2NO/c16-14-7-3-11(4-8-14)9-19-20-10-12-1-5-13(6-2-12)15(17)18/h1-9,15H,10H2. The maximum Gasteiger partial charge on any atom is 0.263 e. The zero-order valence-electron chi connectivity index (χ0n) is 10.5. The molecule has 0 radical (unpaired) electrons. The van der Waals surface area contributed by atoms with E-state index < -0.39 is 6.43 Å². The quantitative estimate of drug-likeness (QED) is 0.572. The molecule has 0 unspecified atom stereocenters. The van der Waals surface area contributed by atoms with Gasteiger partial charge in [-0.15, -0.1) is 0 Å². The summed E-state index contributed by atoms with van der Waals surface area (Å²) in [6.45, 7) is 0.230. The fourth-order valence-corrected chi connectivity index (χ4v) is 1.64. The van der Waals surface area contributed by atoms with E-state index in [2.05, 4.69) is 5.16 Å². The highest BCUT2D eigenvalue weighted by Gasteiger charge is 2.05. The van der Waals surface area contributed by atoms with Gasteiger partial charge in [-0.2, -0.15) is 0 Å². The molecule has 2 aromatic carbocycles. The smallest absolute Gasteiger partial charge is 0.263 e.